The van der Waals surface area contributed by atoms with Crippen LogP contribution in [0.3, 0.4) is 0 Å². The van der Waals surface area contributed by atoms with Crippen LogP contribution >= 0.6 is 0 Å². The number of non-ortho nitro benzene ring substituents is 1. The van der Waals surface area contributed by atoms with E-state index in [0.29, 0.717) is 5.76 Å². The van der Waals surface area contributed by atoms with Gasteiger partial charge in [0.15, 0.2) is 0 Å². The van der Waals surface area contributed by atoms with E-state index in [1.807, 2.05) is 56.3 Å². The molecular formula is C30H29NO5. The maximum absolute atomic E-state index is 13.0. The number of rotatable bonds is 6. The van der Waals surface area contributed by atoms with Crippen LogP contribution < -0.4 is 0 Å². The molecular weight excluding hydrogens is 454 g/mol. The zero-order valence-corrected chi connectivity index (χ0v) is 20.5. The summed E-state index contributed by atoms with van der Waals surface area (Å²) in [5, 5.41) is 10.9. The molecule has 0 unspecified atom stereocenters. The highest BCUT2D eigenvalue weighted by atomic mass is 16.6. The number of nitro benzene ring substituents is 1. The lowest BCUT2D eigenvalue weighted by molar-refractivity contribution is -0.384. The summed E-state index contributed by atoms with van der Waals surface area (Å²) in [5.74, 6) is 0.0446. The topological polar surface area (TPSA) is 78.7 Å². The normalized spacial score (nSPS) is 15.7. The lowest BCUT2D eigenvalue weighted by Gasteiger charge is -2.28. The number of carbonyl (C=O) groups excluding carboxylic acids is 1. The third-order valence-corrected chi connectivity index (χ3v) is 6.29. The van der Waals surface area contributed by atoms with Crippen molar-refractivity contribution in [3.63, 3.8) is 0 Å². The van der Waals surface area contributed by atoms with Gasteiger partial charge in [0.2, 0.25) is 0 Å². The molecule has 0 N–H and O–H groups in total. The standard InChI is InChI=1S/C26H19NO4.C4H10O/c28-26(18-10-13-21(14-11-18)27(29)30)31-25-23(17-6-2-1-3-7-17)15-12-20-16-19-8-4-5-9-22(19)24(20)25;1-3-5-4-2/h1-11,13-14,16,24H,12,15H2;3-4H2,1-2H3/t24-;/m0./s1. The first-order valence-corrected chi connectivity index (χ1v) is 12.2. The number of fused-ring (bicyclic) bond motifs is 3. The number of nitro groups is 1. The maximum Gasteiger partial charge on any atom is 0.343 e. The van der Waals surface area contributed by atoms with Crippen LogP contribution in [0.25, 0.3) is 11.6 Å². The molecule has 0 saturated carbocycles. The molecule has 0 radical (unpaired) electrons. The molecule has 2 aliphatic carbocycles. The maximum atomic E-state index is 13.0. The fourth-order valence-corrected chi connectivity index (χ4v) is 4.61. The minimum atomic E-state index is -0.510. The highest BCUT2D eigenvalue weighted by Gasteiger charge is 2.36. The minimum absolute atomic E-state index is 0.0617. The number of esters is 1. The van der Waals surface area contributed by atoms with Crippen LogP contribution in [0.5, 0.6) is 0 Å². The fourth-order valence-electron chi connectivity index (χ4n) is 4.61. The Hall–Kier alpha value is -4.03. The van der Waals surface area contributed by atoms with Crippen LogP contribution in [0.1, 0.15) is 59.7 Å². The number of ether oxygens (including phenoxy) is 2. The van der Waals surface area contributed by atoms with Crippen LogP contribution in [0.2, 0.25) is 0 Å². The molecule has 2 aliphatic rings. The summed E-state index contributed by atoms with van der Waals surface area (Å²) >= 11 is 0. The minimum Gasteiger partial charge on any atom is -0.426 e. The molecule has 1 atom stereocenters. The molecule has 6 heteroatoms. The SMILES string of the molecule is CCOCC.O=C(OC1=C(c2ccccc2)CCC2=Cc3ccccc3[C@H]21)c1ccc([N+](=O)[O-])cc1. The predicted octanol–water partition coefficient (Wildman–Crippen LogP) is 7.18. The Morgan fingerprint density at radius 2 is 1.58 bits per heavy atom. The Morgan fingerprint density at radius 3 is 2.22 bits per heavy atom. The summed E-state index contributed by atoms with van der Waals surface area (Å²) in [4.78, 5) is 23.5. The van der Waals surface area contributed by atoms with E-state index in [1.165, 1.54) is 29.8 Å². The summed E-state index contributed by atoms with van der Waals surface area (Å²) in [6.45, 7) is 5.67. The smallest absolute Gasteiger partial charge is 0.343 e. The van der Waals surface area contributed by atoms with E-state index in [9.17, 15) is 14.9 Å². The Bertz CT molecular complexity index is 1290. The molecule has 0 bridgehead atoms. The van der Waals surface area contributed by atoms with Crippen molar-refractivity contribution in [3.8, 4) is 0 Å². The number of nitrogens with zero attached hydrogens (tertiary/aromatic N) is 1. The van der Waals surface area contributed by atoms with E-state index in [0.717, 1.165) is 48.3 Å². The molecule has 3 aromatic carbocycles. The largest absolute Gasteiger partial charge is 0.426 e. The first-order valence-electron chi connectivity index (χ1n) is 12.2. The van der Waals surface area contributed by atoms with Gasteiger partial charge in [-0.15, -0.1) is 0 Å². The summed E-state index contributed by atoms with van der Waals surface area (Å²) < 4.78 is 10.9. The van der Waals surface area contributed by atoms with Gasteiger partial charge in [0.25, 0.3) is 5.69 Å². The van der Waals surface area contributed by atoms with Crippen molar-refractivity contribution < 1.29 is 19.2 Å². The number of benzene rings is 3. The van der Waals surface area contributed by atoms with E-state index in [2.05, 4.69) is 18.2 Å². The molecule has 5 rings (SSSR count). The van der Waals surface area contributed by atoms with Gasteiger partial charge in [-0.2, -0.15) is 0 Å². The van der Waals surface area contributed by atoms with E-state index in [-0.39, 0.29) is 17.2 Å². The van der Waals surface area contributed by atoms with Gasteiger partial charge in [0.05, 0.1) is 16.4 Å². The molecule has 0 heterocycles. The molecule has 0 aliphatic heterocycles. The van der Waals surface area contributed by atoms with Gasteiger partial charge < -0.3 is 9.47 Å². The van der Waals surface area contributed by atoms with Gasteiger partial charge in [-0.1, -0.05) is 66.2 Å². The van der Waals surface area contributed by atoms with E-state index >= 15 is 0 Å². The quantitative estimate of drug-likeness (QED) is 0.211. The molecule has 0 saturated heterocycles. The van der Waals surface area contributed by atoms with E-state index in [1.54, 1.807) is 0 Å². The fraction of sp³-hybridized carbons (Fsp3) is 0.233. The second-order valence-electron chi connectivity index (χ2n) is 8.46. The van der Waals surface area contributed by atoms with Crippen molar-refractivity contribution in [1.82, 2.24) is 0 Å². The van der Waals surface area contributed by atoms with E-state index < -0.39 is 10.9 Å². The molecule has 184 valence electrons. The first kappa shape index (κ1) is 25.1. The summed E-state index contributed by atoms with van der Waals surface area (Å²) in [6.07, 6.45) is 3.88. The Labute approximate surface area is 211 Å². The zero-order valence-electron chi connectivity index (χ0n) is 20.5. The molecule has 36 heavy (non-hydrogen) atoms. The Morgan fingerprint density at radius 1 is 0.917 bits per heavy atom. The second-order valence-corrected chi connectivity index (χ2v) is 8.46. The van der Waals surface area contributed by atoms with Gasteiger partial charge in [-0.3, -0.25) is 10.1 Å². The highest BCUT2D eigenvalue weighted by molar-refractivity contribution is 5.92. The van der Waals surface area contributed by atoms with Crippen molar-refractivity contribution in [2.75, 3.05) is 13.2 Å². The predicted molar refractivity (Wildman–Crippen MR) is 140 cm³/mol. The Balaban J connectivity index is 0.000000556. The van der Waals surface area contributed by atoms with Gasteiger partial charge in [0, 0.05) is 25.3 Å². The molecule has 0 amide bonds. The van der Waals surface area contributed by atoms with E-state index in [4.69, 9.17) is 9.47 Å². The summed E-state index contributed by atoms with van der Waals surface area (Å²) in [7, 11) is 0. The van der Waals surface area contributed by atoms with Crippen molar-refractivity contribution in [1.29, 1.82) is 0 Å². The van der Waals surface area contributed by atoms with Gasteiger partial charge in [-0.05, 0) is 61.1 Å². The summed E-state index contributed by atoms with van der Waals surface area (Å²) in [6, 6.07) is 23.7. The van der Waals surface area contributed by atoms with Crippen LogP contribution in [0.4, 0.5) is 5.69 Å². The van der Waals surface area contributed by atoms with Crippen LogP contribution in [-0.4, -0.2) is 24.1 Å². The van der Waals surface area contributed by atoms with Gasteiger partial charge in [0.1, 0.15) is 5.76 Å². The lowest BCUT2D eigenvalue weighted by Crippen LogP contribution is -2.17. The van der Waals surface area contributed by atoms with Crippen molar-refractivity contribution >= 4 is 23.3 Å². The van der Waals surface area contributed by atoms with Crippen molar-refractivity contribution in [2.24, 2.45) is 0 Å². The van der Waals surface area contributed by atoms with Crippen molar-refractivity contribution in [2.45, 2.75) is 32.6 Å². The van der Waals surface area contributed by atoms with Gasteiger partial charge >= 0.3 is 5.97 Å². The van der Waals surface area contributed by atoms with Crippen molar-refractivity contribution in [3.05, 3.63) is 123 Å². The highest BCUT2D eigenvalue weighted by Crippen LogP contribution is 2.50. The number of carbonyl (C=O) groups is 1. The van der Waals surface area contributed by atoms with Crippen LogP contribution in [0.15, 0.2) is 90.2 Å². The Kier molecular flexibility index (Phi) is 8.08. The average molecular weight is 484 g/mol. The van der Waals surface area contributed by atoms with Crippen LogP contribution in [-0.2, 0) is 9.47 Å². The third-order valence-electron chi connectivity index (χ3n) is 6.29. The molecule has 0 aromatic heterocycles. The molecule has 0 spiro atoms. The monoisotopic (exact) mass is 483 g/mol. The van der Waals surface area contributed by atoms with Crippen LogP contribution in [0, 0.1) is 10.1 Å². The third kappa shape index (κ3) is 5.44. The second kappa shape index (κ2) is 11.6. The molecule has 6 nitrogen and oxygen atoms in total. The molecule has 0 fully saturated rings. The zero-order chi connectivity index (χ0) is 25.5. The number of allylic oxidation sites excluding steroid dienone is 2. The number of hydrogen-bond acceptors (Lipinski definition) is 5. The average Bonchev–Trinajstić information content (AvgIpc) is 3.29. The summed E-state index contributed by atoms with van der Waals surface area (Å²) in [5.41, 5.74) is 5.82. The first-order chi connectivity index (χ1) is 17.5. The molecule has 3 aromatic rings. The number of hydrogen-bond donors (Lipinski definition) is 0. The van der Waals surface area contributed by atoms with Gasteiger partial charge in [-0.25, -0.2) is 4.79 Å². The lowest BCUT2D eigenvalue weighted by atomic mass is 9.80.